The maximum Gasteiger partial charge on any atom is 0.407 e. The van der Waals surface area contributed by atoms with Crippen molar-refractivity contribution in [1.29, 1.82) is 5.26 Å². The predicted octanol–water partition coefficient (Wildman–Crippen LogP) is 6.44. The highest BCUT2D eigenvalue weighted by Crippen LogP contribution is 2.41. The van der Waals surface area contributed by atoms with Crippen LogP contribution in [0.2, 0.25) is 0 Å². The molecule has 1 aromatic carbocycles. The Hall–Kier alpha value is -2.62. The Morgan fingerprint density at radius 1 is 1.18 bits per heavy atom. The summed E-state index contributed by atoms with van der Waals surface area (Å²) in [6.45, 7) is 4.19. The fourth-order valence-electron chi connectivity index (χ4n) is 4.42. The van der Waals surface area contributed by atoms with Crippen molar-refractivity contribution in [2.45, 2.75) is 64.2 Å². The molecule has 1 saturated carbocycles. The van der Waals surface area contributed by atoms with Gasteiger partial charge in [-0.15, -0.1) is 0 Å². The number of hydrazine groups is 1. The molecule has 1 aliphatic carbocycles. The zero-order valence-electron chi connectivity index (χ0n) is 18.9. The second-order valence-electron chi connectivity index (χ2n) is 9.17. The lowest BCUT2D eigenvalue weighted by Crippen LogP contribution is -2.56. The molecule has 1 atom stereocenters. The van der Waals surface area contributed by atoms with E-state index in [2.05, 4.69) is 36.5 Å². The van der Waals surface area contributed by atoms with E-state index in [0.717, 1.165) is 61.7 Å². The Kier molecular flexibility index (Phi) is 6.15. The summed E-state index contributed by atoms with van der Waals surface area (Å²) < 4.78 is 43.2. The van der Waals surface area contributed by atoms with Crippen LogP contribution in [-0.4, -0.2) is 21.3 Å². The number of alkyl halides is 3. The van der Waals surface area contributed by atoms with Gasteiger partial charge >= 0.3 is 6.18 Å². The number of anilines is 1. The number of nitrogens with one attached hydrogen (secondary N) is 1. The normalized spacial score (nSPS) is 15.2. The molecule has 0 saturated heterocycles. The van der Waals surface area contributed by atoms with E-state index < -0.39 is 11.7 Å². The Bertz CT molecular complexity index is 1200. The Morgan fingerprint density at radius 2 is 1.88 bits per heavy atom. The molecule has 5 nitrogen and oxygen atoms in total. The summed E-state index contributed by atoms with van der Waals surface area (Å²) in [5, 5.41) is 10.9. The number of rotatable bonds is 5. The molecule has 4 rings (SSSR count). The van der Waals surface area contributed by atoms with Gasteiger partial charge in [0.15, 0.2) is 0 Å². The first kappa shape index (κ1) is 23.5. The molecule has 9 heteroatoms. The average Bonchev–Trinajstić information content (AvgIpc) is 3.38. The van der Waals surface area contributed by atoms with Gasteiger partial charge in [-0.2, -0.15) is 18.4 Å². The van der Waals surface area contributed by atoms with Crippen LogP contribution >= 0.6 is 9.39 Å². The first-order valence-electron chi connectivity index (χ1n) is 10.9. The number of nitriles is 1. The summed E-state index contributed by atoms with van der Waals surface area (Å²) in [5.74, 6) is 0. The summed E-state index contributed by atoms with van der Waals surface area (Å²) in [6, 6.07) is 12.2. The third kappa shape index (κ3) is 4.32. The van der Waals surface area contributed by atoms with Gasteiger partial charge in [-0.3, -0.25) is 9.76 Å². The van der Waals surface area contributed by atoms with Crippen molar-refractivity contribution >= 4 is 26.0 Å². The molecule has 0 spiro atoms. The average molecular weight is 473 g/mol. The first-order chi connectivity index (χ1) is 15.5. The fourth-order valence-corrected chi connectivity index (χ4v) is 4.90. The topological polar surface area (TPSA) is 56.9 Å². The van der Waals surface area contributed by atoms with E-state index in [9.17, 15) is 18.4 Å². The van der Waals surface area contributed by atoms with Gasteiger partial charge in [-0.25, -0.2) is 5.43 Å². The van der Waals surface area contributed by atoms with Gasteiger partial charge in [0.05, 0.1) is 34.4 Å². The van der Waals surface area contributed by atoms with Crippen molar-refractivity contribution < 1.29 is 13.2 Å². The lowest BCUT2D eigenvalue weighted by Gasteiger charge is -2.34. The molecule has 0 bridgehead atoms. The highest BCUT2D eigenvalue weighted by Gasteiger charge is 2.48. The number of pyridine rings is 1. The van der Waals surface area contributed by atoms with Crippen LogP contribution in [0.3, 0.4) is 0 Å². The quantitative estimate of drug-likeness (QED) is 0.342. The molecule has 0 amide bonds. The maximum absolute atomic E-state index is 13.3. The number of hydrogen-bond acceptors (Lipinski definition) is 4. The van der Waals surface area contributed by atoms with Crippen LogP contribution in [0, 0.1) is 18.3 Å². The minimum Gasteiger partial charge on any atom is -0.335 e. The number of hydrogen-bond donors (Lipinski definition) is 1. The van der Waals surface area contributed by atoms with Crippen LogP contribution in [0.25, 0.3) is 22.3 Å². The van der Waals surface area contributed by atoms with Crippen molar-refractivity contribution in [1.82, 2.24) is 15.0 Å². The minimum absolute atomic E-state index is 0.292. The summed E-state index contributed by atoms with van der Waals surface area (Å²) >= 11 is 0. The zero-order chi connectivity index (χ0) is 24.0. The highest BCUT2D eigenvalue weighted by atomic mass is 31.0. The molecule has 1 unspecified atom stereocenters. The molecule has 174 valence electrons. The first-order valence-corrected chi connectivity index (χ1v) is 11.5. The summed E-state index contributed by atoms with van der Waals surface area (Å²) in [4.78, 5) is 4.57. The molecule has 0 aliphatic heterocycles. The second-order valence-corrected chi connectivity index (χ2v) is 9.69. The molecule has 2 heterocycles. The Balaban J connectivity index is 1.77. The van der Waals surface area contributed by atoms with Gasteiger partial charge in [0.1, 0.15) is 11.6 Å². The molecular weight excluding hydrogens is 446 g/mol. The van der Waals surface area contributed by atoms with Crippen LogP contribution in [0.5, 0.6) is 0 Å². The van der Waals surface area contributed by atoms with Gasteiger partial charge in [0.2, 0.25) is 0 Å². The van der Waals surface area contributed by atoms with E-state index in [1.807, 2.05) is 19.1 Å². The minimum atomic E-state index is -4.42. The third-order valence-corrected chi connectivity index (χ3v) is 6.77. The molecule has 1 N–H and O–H groups in total. The summed E-state index contributed by atoms with van der Waals surface area (Å²) in [7, 11) is 2.25. The standard InChI is InChI=1S/C24H27F3N5P/c1-15-8-10-18-19(13-28)22(31(21(18)12-15)16-6-4-5-7-16)20-11-9-17(14-29-20)32(33)30-23(2,3)24(25,26)27/h8-12,14,16,30H,4-7,33H2,1-3H3. The zero-order valence-corrected chi connectivity index (χ0v) is 20.0. The number of benzene rings is 1. The van der Waals surface area contributed by atoms with Crippen molar-refractivity contribution in [2.75, 3.05) is 4.78 Å². The van der Waals surface area contributed by atoms with E-state index in [4.69, 9.17) is 0 Å². The van der Waals surface area contributed by atoms with Crippen LogP contribution in [0.1, 0.15) is 56.7 Å². The van der Waals surface area contributed by atoms with E-state index >= 15 is 0 Å². The van der Waals surface area contributed by atoms with Crippen molar-refractivity contribution in [3.05, 3.63) is 47.7 Å². The van der Waals surface area contributed by atoms with E-state index in [1.54, 1.807) is 12.1 Å². The maximum atomic E-state index is 13.3. The molecule has 2 aromatic heterocycles. The highest BCUT2D eigenvalue weighted by molar-refractivity contribution is 7.18. The number of nitrogens with zero attached hydrogens (tertiary/aromatic N) is 4. The molecular formula is C24H27F3N5P. The smallest absolute Gasteiger partial charge is 0.335 e. The monoisotopic (exact) mass is 473 g/mol. The molecule has 1 aliphatic rings. The van der Waals surface area contributed by atoms with E-state index in [0.29, 0.717) is 23.0 Å². The molecule has 0 radical (unpaired) electrons. The van der Waals surface area contributed by atoms with Crippen LogP contribution < -0.4 is 10.2 Å². The van der Waals surface area contributed by atoms with Gasteiger partial charge in [0.25, 0.3) is 0 Å². The van der Waals surface area contributed by atoms with Crippen molar-refractivity contribution in [2.24, 2.45) is 0 Å². The number of halogens is 3. The molecule has 3 aromatic rings. The van der Waals surface area contributed by atoms with Crippen LogP contribution in [-0.2, 0) is 0 Å². The molecule has 1 fully saturated rings. The second kappa shape index (κ2) is 8.62. The van der Waals surface area contributed by atoms with Gasteiger partial charge in [-0.05, 0) is 66.8 Å². The molecule has 33 heavy (non-hydrogen) atoms. The Labute approximate surface area is 193 Å². The van der Waals surface area contributed by atoms with Crippen LogP contribution in [0.15, 0.2) is 36.5 Å². The summed E-state index contributed by atoms with van der Waals surface area (Å²) in [6.07, 6.45) is 1.48. The number of fused-ring (bicyclic) bond motifs is 1. The summed E-state index contributed by atoms with van der Waals surface area (Å²) in [5.41, 5.74) is 4.92. The number of aromatic nitrogens is 2. The van der Waals surface area contributed by atoms with Crippen molar-refractivity contribution in [3.8, 4) is 17.5 Å². The largest absolute Gasteiger partial charge is 0.407 e. The SMILES string of the molecule is Cc1ccc2c(C#N)c(-c3ccc(N(P)NC(C)(C)C(F)(F)F)cn3)n(C3CCCC3)c2c1. The fraction of sp³-hybridized carbons (Fsp3) is 0.417. The number of aryl methyl sites for hydroxylation is 1. The predicted molar refractivity (Wildman–Crippen MR) is 128 cm³/mol. The third-order valence-electron chi connectivity index (χ3n) is 6.34. The van der Waals surface area contributed by atoms with Crippen molar-refractivity contribution in [3.63, 3.8) is 0 Å². The lowest BCUT2D eigenvalue weighted by molar-refractivity contribution is -0.185. The lowest BCUT2D eigenvalue weighted by atomic mass is 10.1. The van der Waals surface area contributed by atoms with Crippen LogP contribution in [0.4, 0.5) is 18.9 Å². The Morgan fingerprint density at radius 3 is 2.45 bits per heavy atom. The van der Waals surface area contributed by atoms with Gasteiger partial charge < -0.3 is 4.57 Å². The van der Waals surface area contributed by atoms with Gasteiger partial charge in [0, 0.05) is 11.4 Å². The van der Waals surface area contributed by atoms with E-state index in [1.165, 1.54) is 11.0 Å². The van der Waals surface area contributed by atoms with E-state index in [-0.39, 0.29) is 0 Å². The van der Waals surface area contributed by atoms with Gasteiger partial charge in [-0.1, -0.05) is 25.0 Å².